The molecule has 0 aromatic heterocycles. The van der Waals surface area contributed by atoms with Gasteiger partial charge in [0.25, 0.3) is 11.6 Å². The van der Waals surface area contributed by atoms with Gasteiger partial charge in [-0.05, 0) is 30.5 Å². The summed E-state index contributed by atoms with van der Waals surface area (Å²) >= 11 is 0. The Balaban J connectivity index is 2.03. The van der Waals surface area contributed by atoms with Crippen molar-refractivity contribution in [1.82, 2.24) is 0 Å². The van der Waals surface area contributed by atoms with Crippen molar-refractivity contribution >= 4 is 33.0 Å². The van der Waals surface area contributed by atoms with E-state index >= 15 is 0 Å². The lowest BCUT2D eigenvalue weighted by atomic mass is 10.1. The minimum Gasteiger partial charge on any atom is -0.310 e. The number of non-ortho nitro benzene ring substituents is 1. The molecule has 8 nitrogen and oxygen atoms in total. The van der Waals surface area contributed by atoms with E-state index in [0.29, 0.717) is 13.0 Å². The van der Waals surface area contributed by atoms with Crippen LogP contribution in [0.4, 0.5) is 17.1 Å². The number of rotatable bonds is 6. The van der Waals surface area contributed by atoms with E-state index in [1.54, 1.807) is 11.8 Å². The first-order valence-corrected chi connectivity index (χ1v) is 10.7. The molecular formula is C19H21N3O5S. The van der Waals surface area contributed by atoms with E-state index < -0.39 is 21.0 Å². The maximum Gasteiger partial charge on any atom is 0.271 e. The Morgan fingerprint density at radius 3 is 2.61 bits per heavy atom. The quantitative estimate of drug-likeness (QED) is 0.545. The summed E-state index contributed by atoms with van der Waals surface area (Å²) in [6.07, 6.45) is 1.93. The molecule has 0 saturated carbocycles. The minimum absolute atomic E-state index is 0.101. The third-order valence-electron chi connectivity index (χ3n) is 4.76. The van der Waals surface area contributed by atoms with E-state index in [0.717, 1.165) is 21.8 Å². The second kappa shape index (κ2) is 7.59. The van der Waals surface area contributed by atoms with Crippen LogP contribution in [0.2, 0.25) is 0 Å². The van der Waals surface area contributed by atoms with Crippen LogP contribution in [0.25, 0.3) is 0 Å². The van der Waals surface area contributed by atoms with E-state index in [1.807, 2.05) is 24.3 Å². The third kappa shape index (κ3) is 3.70. The SMILES string of the molecule is CC[C@H](C(=O)N1CCc2ccccc21)N(c1cccc([N+](=O)[O-])c1)S(C)(=O)=O. The Labute approximate surface area is 163 Å². The van der Waals surface area contributed by atoms with Gasteiger partial charge in [0, 0.05) is 24.4 Å². The Morgan fingerprint density at radius 2 is 1.96 bits per heavy atom. The van der Waals surface area contributed by atoms with Crippen molar-refractivity contribution in [2.24, 2.45) is 0 Å². The van der Waals surface area contributed by atoms with Crippen molar-refractivity contribution in [2.75, 3.05) is 22.0 Å². The Kier molecular flexibility index (Phi) is 5.37. The molecule has 28 heavy (non-hydrogen) atoms. The number of nitro benzene ring substituents is 1. The lowest BCUT2D eigenvalue weighted by molar-refractivity contribution is -0.384. The highest BCUT2D eigenvalue weighted by atomic mass is 32.2. The monoisotopic (exact) mass is 403 g/mol. The van der Waals surface area contributed by atoms with Gasteiger partial charge in [-0.2, -0.15) is 0 Å². The molecule has 0 fully saturated rings. The summed E-state index contributed by atoms with van der Waals surface area (Å²) in [6, 6.07) is 11.8. The molecule has 1 atom stereocenters. The van der Waals surface area contributed by atoms with Crippen molar-refractivity contribution in [2.45, 2.75) is 25.8 Å². The number of nitrogens with zero attached hydrogens (tertiary/aromatic N) is 3. The maximum absolute atomic E-state index is 13.3. The number of hydrogen-bond acceptors (Lipinski definition) is 5. The second-order valence-corrected chi connectivity index (χ2v) is 8.49. The first-order valence-electron chi connectivity index (χ1n) is 8.87. The van der Waals surface area contributed by atoms with E-state index in [-0.39, 0.29) is 23.7 Å². The zero-order valence-corrected chi connectivity index (χ0v) is 16.4. The maximum atomic E-state index is 13.3. The predicted octanol–water partition coefficient (Wildman–Crippen LogP) is 2.73. The highest BCUT2D eigenvalue weighted by molar-refractivity contribution is 7.92. The first-order chi connectivity index (χ1) is 13.2. The molecule has 148 valence electrons. The van der Waals surface area contributed by atoms with Gasteiger partial charge in [-0.1, -0.05) is 31.2 Å². The molecule has 3 rings (SSSR count). The fraction of sp³-hybridized carbons (Fsp3) is 0.316. The number of carbonyl (C=O) groups is 1. The minimum atomic E-state index is -3.86. The highest BCUT2D eigenvalue weighted by Gasteiger charge is 2.37. The number of anilines is 2. The smallest absolute Gasteiger partial charge is 0.271 e. The Morgan fingerprint density at radius 1 is 1.25 bits per heavy atom. The van der Waals surface area contributed by atoms with E-state index in [9.17, 15) is 23.3 Å². The van der Waals surface area contributed by atoms with Gasteiger partial charge in [0.05, 0.1) is 16.9 Å². The van der Waals surface area contributed by atoms with Gasteiger partial charge in [0.2, 0.25) is 10.0 Å². The van der Waals surface area contributed by atoms with E-state index in [1.165, 1.54) is 24.3 Å². The zero-order valence-electron chi connectivity index (χ0n) is 15.6. The summed E-state index contributed by atoms with van der Waals surface area (Å²) in [6.45, 7) is 2.20. The molecule has 0 bridgehead atoms. The van der Waals surface area contributed by atoms with Gasteiger partial charge in [0.15, 0.2) is 0 Å². The van der Waals surface area contributed by atoms with Crippen LogP contribution in [0.15, 0.2) is 48.5 Å². The van der Waals surface area contributed by atoms with Crippen LogP contribution >= 0.6 is 0 Å². The van der Waals surface area contributed by atoms with Gasteiger partial charge in [0.1, 0.15) is 6.04 Å². The average molecular weight is 403 g/mol. The summed E-state index contributed by atoms with van der Waals surface area (Å²) in [4.78, 5) is 25.4. The molecule has 0 N–H and O–H groups in total. The fourth-order valence-electron chi connectivity index (χ4n) is 3.53. The predicted molar refractivity (Wildman–Crippen MR) is 107 cm³/mol. The second-order valence-electron chi connectivity index (χ2n) is 6.63. The molecule has 1 aliphatic rings. The molecule has 1 heterocycles. The number of benzene rings is 2. The molecule has 1 amide bonds. The molecule has 0 radical (unpaired) electrons. The lowest BCUT2D eigenvalue weighted by Crippen LogP contribution is -2.50. The summed E-state index contributed by atoms with van der Waals surface area (Å²) in [7, 11) is -3.86. The van der Waals surface area contributed by atoms with Crippen molar-refractivity contribution in [3.63, 3.8) is 0 Å². The summed E-state index contributed by atoms with van der Waals surface area (Å²) in [5.74, 6) is -0.343. The molecule has 1 aliphatic heterocycles. The van der Waals surface area contributed by atoms with Crippen LogP contribution in [0.1, 0.15) is 18.9 Å². The molecule has 9 heteroatoms. The number of fused-ring (bicyclic) bond motifs is 1. The Bertz CT molecular complexity index is 1020. The van der Waals surface area contributed by atoms with Gasteiger partial charge >= 0.3 is 0 Å². The van der Waals surface area contributed by atoms with Crippen molar-refractivity contribution in [3.05, 3.63) is 64.2 Å². The standard InChI is InChI=1S/C19H21N3O5S/c1-3-17(19(23)20-12-11-14-7-4-5-10-18(14)20)21(28(2,26)27)15-8-6-9-16(13-15)22(24)25/h4-10,13,17H,3,11-12H2,1-2H3/t17-/m1/s1. The van der Waals surface area contributed by atoms with Crippen LogP contribution in [-0.2, 0) is 21.2 Å². The van der Waals surface area contributed by atoms with E-state index in [4.69, 9.17) is 0 Å². The lowest BCUT2D eigenvalue weighted by Gasteiger charge is -2.32. The number of para-hydroxylation sites is 1. The molecule has 0 unspecified atom stereocenters. The molecule has 2 aromatic carbocycles. The molecule has 0 spiro atoms. The summed E-state index contributed by atoms with van der Waals surface area (Å²) in [5, 5.41) is 11.1. The molecule has 2 aromatic rings. The van der Waals surface area contributed by atoms with Crippen LogP contribution in [0, 0.1) is 10.1 Å². The number of carbonyl (C=O) groups excluding carboxylic acids is 1. The van der Waals surface area contributed by atoms with Crippen LogP contribution < -0.4 is 9.21 Å². The summed E-state index contributed by atoms with van der Waals surface area (Å²) < 4.78 is 26.1. The molecular weight excluding hydrogens is 382 g/mol. The third-order valence-corrected chi connectivity index (χ3v) is 5.94. The van der Waals surface area contributed by atoms with Gasteiger partial charge in [-0.25, -0.2) is 8.42 Å². The number of nitro groups is 1. The Hall–Kier alpha value is -2.94. The summed E-state index contributed by atoms with van der Waals surface area (Å²) in [5.41, 5.74) is 1.68. The molecule has 0 aliphatic carbocycles. The van der Waals surface area contributed by atoms with E-state index in [2.05, 4.69) is 0 Å². The number of hydrogen-bond donors (Lipinski definition) is 0. The first kappa shape index (κ1) is 19.8. The van der Waals surface area contributed by atoms with Crippen molar-refractivity contribution in [1.29, 1.82) is 0 Å². The molecule has 0 saturated heterocycles. The fourth-order valence-corrected chi connectivity index (χ4v) is 4.73. The van der Waals surface area contributed by atoms with Gasteiger partial charge < -0.3 is 4.90 Å². The normalized spacial score (nSPS) is 14.4. The van der Waals surface area contributed by atoms with Crippen molar-refractivity contribution in [3.8, 4) is 0 Å². The zero-order chi connectivity index (χ0) is 20.5. The highest BCUT2D eigenvalue weighted by Crippen LogP contribution is 2.31. The topological polar surface area (TPSA) is 101 Å². The largest absolute Gasteiger partial charge is 0.310 e. The number of sulfonamides is 1. The average Bonchev–Trinajstić information content (AvgIpc) is 3.08. The number of amides is 1. The van der Waals surface area contributed by atoms with Crippen LogP contribution in [0.5, 0.6) is 0 Å². The van der Waals surface area contributed by atoms with Crippen LogP contribution in [0.3, 0.4) is 0 Å². The van der Waals surface area contributed by atoms with Gasteiger partial charge in [-0.3, -0.25) is 19.2 Å². The van der Waals surface area contributed by atoms with Gasteiger partial charge in [-0.15, -0.1) is 0 Å². The van der Waals surface area contributed by atoms with Crippen LogP contribution in [-0.4, -0.2) is 38.1 Å². The van der Waals surface area contributed by atoms with Crippen molar-refractivity contribution < 1.29 is 18.1 Å².